The van der Waals surface area contributed by atoms with Gasteiger partial charge in [-0.15, -0.1) is 11.3 Å². The highest BCUT2D eigenvalue weighted by Crippen LogP contribution is 2.48. The van der Waals surface area contributed by atoms with Crippen LogP contribution in [0.3, 0.4) is 0 Å². The highest BCUT2D eigenvalue weighted by molar-refractivity contribution is 8.00. The maximum Gasteiger partial charge on any atom is 0.267 e. The lowest BCUT2D eigenvalue weighted by atomic mass is 9.97. The van der Waals surface area contributed by atoms with Crippen LogP contribution in [0.2, 0.25) is 0 Å². The van der Waals surface area contributed by atoms with Gasteiger partial charge in [0.2, 0.25) is 5.91 Å². The number of thiophene rings is 1. The molecule has 1 aliphatic heterocycles. The molecule has 39 heavy (non-hydrogen) atoms. The monoisotopic (exact) mass is 567 g/mol. The molecule has 1 aliphatic carbocycles. The van der Waals surface area contributed by atoms with Crippen LogP contribution in [0.15, 0.2) is 92.5 Å². The summed E-state index contributed by atoms with van der Waals surface area (Å²) in [6.45, 7) is 2.03. The van der Waals surface area contributed by atoms with Gasteiger partial charge < -0.3 is 0 Å². The number of para-hydroxylation sites is 2. The minimum Gasteiger partial charge on any atom is -0.278 e. The predicted molar refractivity (Wildman–Crippen MR) is 161 cm³/mol. The molecule has 0 spiro atoms. The average Bonchev–Trinajstić information content (AvgIpc) is 3.34. The van der Waals surface area contributed by atoms with Gasteiger partial charge >= 0.3 is 0 Å². The lowest BCUT2D eigenvalue weighted by Gasteiger charge is -2.31. The van der Waals surface area contributed by atoms with Gasteiger partial charge in [-0.25, -0.2) is 4.98 Å². The van der Waals surface area contributed by atoms with Gasteiger partial charge in [-0.2, -0.15) is 0 Å². The number of carbonyl (C=O) groups excluding carboxylic acids is 1. The Bertz CT molecular complexity index is 1760. The molecule has 0 bridgehead atoms. The van der Waals surface area contributed by atoms with Crippen LogP contribution in [0.1, 0.15) is 28.8 Å². The topological polar surface area (TPSA) is 55.2 Å². The number of amides is 1. The molecule has 5 nitrogen and oxygen atoms in total. The Morgan fingerprint density at radius 1 is 0.923 bits per heavy atom. The molecule has 2 aromatic heterocycles. The van der Waals surface area contributed by atoms with E-state index in [9.17, 15) is 9.59 Å². The molecule has 1 amide bonds. The lowest BCUT2D eigenvalue weighted by Crippen LogP contribution is -2.30. The van der Waals surface area contributed by atoms with Crippen LogP contribution in [0.5, 0.6) is 0 Å². The summed E-state index contributed by atoms with van der Waals surface area (Å²) in [4.78, 5) is 38.9. The third-order valence-electron chi connectivity index (χ3n) is 7.26. The highest BCUT2D eigenvalue weighted by Gasteiger charge is 2.29. The van der Waals surface area contributed by atoms with E-state index >= 15 is 0 Å². The summed E-state index contributed by atoms with van der Waals surface area (Å²) >= 11 is 4.65. The van der Waals surface area contributed by atoms with Gasteiger partial charge in [-0.1, -0.05) is 65.5 Å². The number of benzene rings is 3. The van der Waals surface area contributed by atoms with E-state index in [-0.39, 0.29) is 17.2 Å². The third kappa shape index (κ3) is 4.31. The first-order valence-electron chi connectivity index (χ1n) is 13.0. The quantitative estimate of drug-likeness (QED) is 0.166. The minimum atomic E-state index is -0.0459. The van der Waals surface area contributed by atoms with Crippen LogP contribution in [0, 0.1) is 6.92 Å². The first-order valence-corrected chi connectivity index (χ1v) is 15.7. The fourth-order valence-electron chi connectivity index (χ4n) is 5.37. The Labute approximate surface area is 238 Å². The molecule has 3 heterocycles. The number of hydrogen-bond donors (Lipinski definition) is 0. The van der Waals surface area contributed by atoms with Crippen molar-refractivity contribution < 1.29 is 4.79 Å². The van der Waals surface area contributed by atoms with Crippen LogP contribution in [-0.4, -0.2) is 21.2 Å². The molecule has 0 fully saturated rings. The Kier molecular flexibility index (Phi) is 6.34. The number of carbonyl (C=O) groups is 1. The van der Waals surface area contributed by atoms with Crippen LogP contribution in [0.25, 0.3) is 15.9 Å². The van der Waals surface area contributed by atoms with Crippen molar-refractivity contribution in [3.63, 3.8) is 0 Å². The van der Waals surface area contributed by atoms with Crippen molar-refractivity contribution in [2.45, 2.75) is 47.6 Å². The average molecular weight is 568 g/mol. The maximum absolute atomic E-state index is 14.1. The third-order valence-corrected chi connectivity index (χ3v) is 10.5. The Hall–Kier alpha value is -3.33. The van der Waals surface area contributed by atoms with E-state index in [2.05, 4.69) is 0 Å². The zero-order valence-corrected chi connectivity index (χ0v) is 23.8. The second-order valence-electron chi connectivity index (χ2n) is 9.82. The van der Waals surface area contributed by atoms with Gasteiger partial charge in [0.15, 0.2) is 5.16 Å². The number of aromatic nitrogens is 2. The molecule has 0 saturated heterocycles. The summed E-state index contributed by atoms with van der Waals surface area (Å²) in [6, 6.07) is 23.9. The number of hydrogen-bond acceptors (Lipinski definition) is 6. The Morgan fingerprint density at radius 3 is 2.31 bits per heavy atom. The molecule has 2 aliphatic rings. The lowest BCUT2D eigenvalue weighted by molar-refractivity contribution is -0.115. The molecule has 5 aromatic rings. The first kappa shape index (κ1) is 24.7. The van der Waals surface area contributed by atoms with Gasteiger partial charge in [-0.05, 0) is 74.6 Å². The molecule has 0 radical (unpaired) electrons. The van der Waals surface area contributed by atoms with Crippen molar-refractivity contribution in [2.24, 2.45) is 0 Å². The molecule has 3 aromatic carbocycles. The van der Waals surface area contributed by atoms with Crippen LogP contribution in [0.4, 0.5) is 11.4 Å². The van der Waals surface area contributed by atoms with Crippen molar-refractivity contribution in [3.05, 3.63) is 99.2 Å². The molecule has 0 atom stereocenters. The zero-order valence-electron chi connectivity index (χ0n) is 21.3. The normalized spacial score (nSPS) is 14.1. The van der Waals surface area contributed by atoms with E-state index < -0.39 is 0 Å². The predicted octanol–water partition coefficient (Wildman–Crippen LogP) is 7.56. The van der Waals surface area contributed by atoms with Crippen LogP contribution < -0.4 is 10.5 Å². The number of nitrogens with zero attached hydrogens (tertiary/aromatic N) is 3. The summed E-state index contributed by atoms with van der Waals surface area (Å²) in [5.41, 5.74) is 4.80. The van der Waals surface area contributed by atoms with Crippen LogP contribution in [-0.2, 0) is 17.6 Å². The Morgan fingerprint density at radius 2 is 1.59 bits per heavy atom. The standard InChI is InChI=1S/C31H25N3O2S3/c1-19-14-16-20(17-15-19)33-30(36)28-21-8-2-5-11-24(21)39-29(28)32-31(33)37-18-27(35)34-22-9-3-6-12-25(22)38-26-13-7-4-10-23(26)34/h3-4,6-7,9-10,12-17H,2,5,8,11,18H2,1H3. The molecule has 0 unspecified atom stereocenters. The van der Waals surface area contributed by atoms with Gasteiger partial charge in [0.1, 0.15) is 4.83 Å². The van der Waals surface area contributed by atoms with Crippen molar-refractivity contribution in [1.82, 2.24) is 9.55 Å². The van der Waals surface area contributed by atoms with E-state index in [0.717, 1.165) is 68.3 Å². The number of anilines is 2. The SMILES string of the molecule is Cc1ccc(-n2c(SCC(=O)N3c4ccccc4Sc4ccccc43)nc3sc4c(c3c2=O)CCCC4)cc1. The Balaban J connectivity index is 1.30. The van der Waals surface area contributed by atoms with Crippen molar-refractivity contribution >= 4 is 62.4 Å². The molecule has 7 rings (SSSR count). The maximum atomic E-state index is 14.1. The molecule has 0 saturated carbocycles. The number of aryl methyl sites for hydroxylation is 3. The van der Waals surface area contributed by atoms with E-state index in [4.69, 9.17) is 4.98 Å². The van der Waals surface area contributed by atoms with E-state index in [0.29, 0.717) is 5.16 Å². The van der Waals surface area contributed by atoms with Gasteiger partial charge in [-0.3, -0.25) is 19.1 Å². The number of fused-ring (bicyclic) bond motifs is 5. The number of thioether (sulfide) groups is 1. The first-order chi connectivity index (χ1) is 19.1. The molecular weight excluding hydrogens is 543 g/mol. The zero-order chi connectivity index (χ0) is 26.5. The molecular formula is C31H25N3O2S3. The van der Waals surface area contributed by atoms with Crippen LogP contribution >= 0.6 is 34.9 Å². The largest absolute Gasteiger partial charge is 0.278 e. The van der Waals surface area contributed by atoms with Crippen molar-refractivity contribution in [1.29, 1.82) is 0 Å². The second-order valence-corrected chi connectivity index (χ2v) is 12.9. The summed E-state index contributed by atoms with van der Waals surface area (Å²) in [5.74, 6) is 0.109. The van der Waals surface area contributed by atoms with Crippen molar-refractivity contribution in [2.75, 3.05) is 10.7 Å². The van der Waals surface area contributed by atoms with Crippen molar-refractivity contribution in [3.8, 4) is 5.69 Å². The van der Waals surface area contributed by atoms with Gasteiger partial charge in [0.25, 0.3) is 5.56 Å². The number of rotatable bonds is 4. The fraction of sp³-hybridized carbons (Fsp3) is 0.194. The molecule has 194 valence electrons. The molecule has 0 N–H and O–H groups in total. The van der Waals surface area contributed by atoms with Gasteiger partial charge in [0.05, 0.1) is 28.2 Å². The van der Waals surface area contributed by atoms with E-state index in [1.54, 1.807) is 27.7 Å². The van der Waals surface area contributed by atoms with E-state index in [1.807, 2.05) is 84.6 Å². The minimum absolute atomic E-state index is 0.0386. The summed E-state index contributed by atoms with van der Waals surface area (Å²) in [6.07, 6.45) is 4.19. The highest BCUT2D eigenvalue weighted by atomic mass is 32.2. The summed E-state index contributed by atoms with van der Waals surface area (Å²) in [7, 11) is 0. The van der Waals surface area contributed by atoms with E-state index in [1.165, 1.54) is 22.2 Å². The smallest absolute Gasteiger partial charge is 0.267 e. The molecule has 8 heteroatoms. The fourth-order valence-corrected chi connectivity index (χ4v) is 8.59. The van der Waals surface area contributed by atoms with Gasteiger partial charge in [0, 0.05) is 14.7 Å². The second kappa shape index (κ2) is 10.0. The summed E-state index contributed by atoms with van der Waals surface area (Å²) in [5, 5.41) is 1.30. The summed E-state index contributed by atoms with van der Waals surface area (Å²) < 4.78 is 1.70.